The van der Waals surface area contributed by atoms with Crippen molar-refractivity contribution in [2.24, 2.45) is 5.41 Å². The van der Waals surface area contributed by atoms with Gasteiger partial charge < -0.3 is 10.4 Å². The minimum Gasteiger partial charge on any atom is -0.388 e. The smallest absolute Gasteiger partial charge is 0.254 e. The maximum atomic E-state index is 13.8. The third kappa shape index (κ3) is 3.17. The Kier molecular flexibility index (Phi) is 4.37. The van der Waals surface area contributed by atoms with E-state index < -0.39 is 29.1 Å². The number of hydrogen-bond acceptors (Lipinski definition) is 2. The molecule has 126 valence electrons. The Morgan fingerprint density at radius 2 is 1.88 bits per heavy atom. The van der Waals surface area contributed by atoms with Gasteiger partial charge in [0.1, 0.15) is 11.6 Å². The van der Waals surface area contributed by atoms with Gasteiger partial charge in [-0.05, 0) is 37.0 Å². The van der Waals surface area contributed by atoms with Crippen LogP contribution in [-0.2, 0) is 0 Å². The van der Waals surface area contributed by atoms with E-state index in [0.717, 1.165) is 24.5 Å². The summed E-state index contributed by atoms with van der Waals surface area (Å²) in [6, 6.07) is 11.2. The van der Waals surface area contributed by atoms with Gasteiger partial charge in [-0.3, -0.25) is 4.79 Å². The Morgan fingerprint density at radius 1 is 1.21 bits per heavy atom. The molecule has 0 heterocycles. The van der Waals surface area contributed by atoms with E-state index in [0.29, 0.717) is 0 Å². The second-order valence-corrected chi connectivity index (χ2v) is 6.44. The van der Waals surface area contributed by atoms with Gasteiger partial charge in [0.25, 0.3) is 5.91 Å². The van der Waals surface area contributed by atoms with E-state index in [4.69, 9.17) is 0 Å². The maximum absolute atomic E-state index is 13.8. The van der Waals surface area contributed by atoms with E-state index in [9.17, 15) is 18.7 Å². The monoisotopic (exact) mass is 331 g/mol. The first-order chi connectivity index (χ1) is 11.4. The van der Waals surface area contributed by atoms with Gasteiger partial charge in [-0.1, -0.05) is 30.3 Å². The summed E-state index contributed by atoms with van der Waals surface area (Å²) in [6.45, 7) is 1.73. The first-order valence-electron chi connectivity index (χ1n) is 7.90. The van der Waals surface area contributed by atoms with Crippen molar-refractivity contribution in [2.75, 3.05) is 6.54 Å². The topological polar surface area (TPSA) is 49.3 Å². The molecule has 1 fully saturated rings. The Hall–Kier alpha value is -2.27. The predicted molar refractivity (Wildman–Crippen MR) is 86.5 cm³/mol. The quantitative estimate of drug-likeness (QED) is 0.881. The lowest BCUT2D eigenvalue weighted by Crippen LogP contribution is -2.33. The molecule has 1 amide bonds. The van der Waals surface area contributed by atoms with Crippen molar-refractivity contribution in [3.63, 3.8) is 0 Å². The number of carbonyl (C=O) groups is 1. The van der Waals surface area contributed by atoms with Crippen LogP contribution in [0.3, 0.4) is 0 Å². The van der Waals surface area contributed by atoms with Crippen molar-refractivity contribution >= 4 is 5.91 Å². The lowest BCUT2D eigenvalue weighted by molar-refractivity contribution is 0.0805. The fraction of sp³-hybridized carbons (Fsp3) is 0.316. The highest BCUT2D eigenvalue weighted by molar-refractivity contribution is 5.94. The molecule has 24 heavy (non-hydrogen) atoms. The minimum atomic E-state index is -0.885. The largest absolute Gasteiger partial charge is 0.388 e. The molecule has 3 nitrogen and oxygen atoms in total. The number of halogens is 2. The van der Waals surface area contributed by atoms with E-state index in [-0.39, 0.29) is 17.7 Å². The third-order valence-electron chi connectivity index (χ3n) is 4.68. The van der Waals surface area contributed by atoms with Crippen LogP contribution in [0.5, 0.6) is 0 Å². The van der Waals surface area contributed by atoms with E-state index in [1.54, 1.807) is 0 Å². The molecule has 5 heteroatoms. The molecule has 0 bridgehead atoms. The number of amides is 1. The van der Waals surface area contributed by atoms with Crippen molar-refractivity contribution in [1.29, 1.82) is 0 Å². The van der Waals surface area contributed by atoms with Gasteiger partial charge in [0.2, 0.25) is 0 Å². The van der Waals surface area contributed by atoms with Crippen molar-refractivity contribution < 1.29 is 18.7 Å². The first-order valence-corrected chi connectivity index (χ1v) is 7.90. The second-order valence-electron chi connectivity index (χ2n) is 6.44. The molecule has 0 radical (unpaired) electrons. The number of aliphatic hydroxyl groups excluding tert-OH is 1. The zero-order valence-electron chi connectivity index (χ0n) is 13.4. The highest BCUT2D eigenvalue weighted by Crippen LogP contribution is 2.54. The summed E-state index contributed by atoms with van der Waals surface area (Å²) in [5.41, 5.74) is 0.418. The average Bonchev–Trinajstić information content (AvgIpc) is 3.37. The number of carbonyl (C=O) groups excluding carboxylic acids is 1. The zero-order chi connectivity index (χ0) is 17.3. The van der Waals surface area contributed by atoms with Crippen LogP contribution >= 0.6 is 0 Å². The number of nitrogens with one attached hydrogen (secondary N) is 1. The molecule has 1 aliphatic carbocycles. The average molecular weight is 331 g/mol. The van der Waals surface area contributed by atoms with Crippen molar-refractivity contribution in [2.45, 2.75) is 25.9 Å². The Bertz CT molecular complexity index is 757. The molecule has 1 saturated carbocycles. The Balaban J connectivity index is 1.69. The molecule has 0 aromatic heterocycles. The summed E-state index contributed by atoms with van der Waals surface area (Å²) in [4.78, 5) is 12.2. The van der Waals surface area contributed by atoms with Crippen LogP contribution in [-0.4, -0.2) is 17.6 Å². The van der Waals surface area contributed by atoms with Gasteiger partial charge in [0.15, 0.2) is 0 Å². The summed E-state index contributed by atoms with van der Waals surface area (Å²) in [5, 5.41) is 13.2. The number of hydrogen-bond donors (Lipinski definition) is 2. The molecule has 1 unspecified atom stereocenters. The van der Waals surface area contributed by atoms with Gasteiger partial charge in [-0.25, -0.2) is 8.78 Å². The van der Waals surface area contributed by atoms with Crippen molar-refractivity contribution in [1.82, 2.24) is 5.32 Å². The molecular formula is C19H19F2NO2. The van der Waals surface area contributed by atoms with Crippen LogP contribution < -0.4 is 5.32 Å². The summed E-state index contributed by atoms with van der Waals surface area (Å²) in [6.07, 6.45) is 0.890. The standard InChI is InChI=1S/C19H19F2NO2/c1-12-9-14(16(21)10-15(12)20)18(24)22-11-19(7-8-19)17(23)13-5-3-2-4-6-13/h2-6,9-10,17,23H,7-8,11H2,1H3,(H,22,24). The summed E-state index contributed by atoms with van der Waals surface area (Å²) < 4.78 is 27.1. The normalized spacial score (nSPS) is 16.5. The molecule has 0 aliphatic heterocycles. The number of rotatable bonds is 5. The molecule has 3 rings (SSSR count). The zero-order valence-corrected chi connectivity index (χ0v) is 13.4. The van der Waals surface area contributed by atoms with Gasteiger partial charge in [-0.15, -0.1) is 0 Å². The number of aryl methyl sites for hydroxylation is 1. The van der Waals surface area contributed by atoms with Crippen molar-refractivity contribution in [3.05, 3.63) is 70.8 Å². The molecule has 0 saturated heterocycles. The van der Waals surface area contributed by atoms with E-state index in [1.807, 2.05) is 30.3 Å². The molecule has 1 atom stereocenters. The van der Waals surface area contributed by atoms with Gasteiger partial charge >= 0.3 is 0 Å². The highest BCUT2D eigenvalue weighted by Gasteiger charge is 2.49. The summed E-state index contributed by atoms with van der Waals surface area (Å²) in [5.74, 6) is -2.16. The van der Waals surface area contributed by atoms with Crippen LogP contribution in [0.2, 0.25) is 0 Å². The molecular weight excluding hydrogens is 312 g/mol. The van der Waals surface area contributed by atoms with Gasteiger partial charge in [0.05, 0.1) is 11.7 Å². The summed E-state index contributed by atoms with van der Waals surface area (Å²) in [7, 11) is 0. The molecule has 0 spiro atoms. The third-order valence-corrected chi connectivity index (χ3v) is 4.68. The lowest BCUT2D eigenvalue weighted by Gasteiger charge is -2.23. The van der Waals surface area contributed by atoms with Crippen LogP contribution in [0.4, 0.5) is 8.78 Å². The van der Waals surface area contributed by atoms with E-state index in [1.165, 1.54) is 13.0 Å². The SMILES string of the molecule is Cc1cc(C(=O)NCC2(C(O)c3ccccc3)CC2)c(F)cc1F. The summed E-state index contributed by atoms with van der Waals surface area (Å²) >= 11 is 0. The van der Waals surface area contributed by atoms with Crippen LogP contribution in [0.1, 0.15) is 40.4 Å². The molecule has 2 N–H and O–H groups in total. The van der Waals surface area contributed by atoms with Gasteiger partial charge in [-0.2, -0.15) is 0 Å². The fourth-order valence-electron chi connectivity index (χ4n) is 2.88. The molecule has 1 aliphatic rings. The number of benzene rings is 2. The molecule has 2 aromatic rings. The predicted octanol–water partition coefficient (Wildman–Crippen LogP) is 3.52. The Labute approximate surface area is 139 Å². The minimum absolute atomic E-state index is 0.182. The molecule has 2 aromatic carbocycles. The highest BCUT2D eigenvalue weighted by atomic mass is 19.1. The fourth-order valence-corrected chi connectivity index (χ4v) is 2.88. The van der Waals surface area contributed by atoms with Crippen LogP contribution in [0.15, 0.2) is 42.5 Å². The van der Waals surface area contributed by atoms with E-state index >= 15 is 0 Å². The van der Waals surface area contributed by atoms with Crippen LogP contribution in [0, 0.1) is 24.0 Å². The number of aliphatic hydroxyl groups is 1. The van der Waals surface area contributed by atoms with Crippen LogP contribution in [0.25, 0.3) is 0 Å². The van der Waals surface area contributed by atoms with E-state index in [2.05, 4.69) is 5.32 Å². The van der Waals surface area contributed by atoms with Gasteiger partial charge in [0, 0.05) is 18.0 Å². The lowest BCUT2D eigenvalue weighted by atomic mass is 9.92. The Morgan fingerprint density at radius 3 is 2.50 bits per heavy atom. The maximum Gasteiger partial charge on any atom is 0.254 e. The van der Waals surface area contributed by atoms with Crippen molar-refractivity contribution in [3.8, 4) is 0 Å². The first kappa shape index (κ1) is 16.6. The second kappa shape index (κ2) is 6.32.